The average molecular weight is 507 g/mol. The number of nitrogens with one attached hydrogen (secondary N) is 3. The van der Waals surface area contributed by atoms with E-state index < -0.39 is 17.6 Å². The lowest BCUT2D eigenvalue weighted by atomic mass is 10.1. The highest BCUT2D eigenvalue weighted by Gasteiger charge is 2.21. The Bertz CT molecular complexity index is 1430. The third kappa shape index (κ3) is 5.39. The van der Waals surface area contributed by atoms with Gasteiger partial charge < -0.3 is 16.0 Å². The van der Waals surface area contributed by atoms with Gasteiger partial charge in [-0.3, -0.25) is 19.4 Å². The van der Waals surface area contributed by atoms with E-state index in [1.165, 1.54) is 30.1 Å². The zero-order valence-corrected chi connectivity index (χ0v) is 19.7. The number of aromatic nitrogens is 3. The van der Waals surface area contributed by atoms with Crippen LogP contribution >= 0.6 is 11.6 Å². The fourth-order valence-corrected chi connectivity index (χ4v) is 3.55. The first-order valence-corrected chi connectivity index (χ1v) is 11.1. The van der Waals surface area contributed by atoms with Gasteiger partial charge in [-0.1, -0.05) is 35.9 Å². The van der Waals surface area contributed by atoms with Crippen LogP contribution in [0.25, 0.3) is 16.9 Å². The van der Waals surface area contributed by atoms with E-state index in [4.69, 9.17) is 11.6 Å². The lowest BCUT2D eigenvalue weighted by Crippen LogP contribution is -2.35. The topological polar surface area (TPSA) is 118 Å². The molecule has 0 radical (unpaired) electrons. The molecule has 0 saturated heterocycles. The highest BCUT2D eigenvalue weighted by molar-refractivity contribution is 6.34. The average Bonchev–Trinajstić information content (AvgIpc) is 3.31. The van der Waals surface area contributed by atoms with E-state index in [1.807, 2.05) is 0 Å². The minimum Gasteiger partial charge on any atom is -0.358 e. The van der Waals surface area contributed by atoms with Crippen molar-refractivity contribution in [1.29, 1.82) is 0 Å². The van der Waals surface area contributed by atoms with Crippen molar-refractivity contribution in [3.63, 3.8) is 0 Å². The van der Waals surface area contributed by atoms with Gasteiger partial charge in [0.25, 0.3) is 11.8 Å². The lowest BCUT2D eigenvalue weighted by Gasteiger charge is -2.11. The molecule has 3 N–H and O–H groups in total. The summed E-state index contributed by atoms with van der Waals surface area (Å²) in [6.07, 6.45) is 1.51. The first kappa shape index (κ1) is 24.6. The summed E-state index contributed by atoms with van der Waals surface area (Å²) in [7, 11) is 1.45. The van der Waals surface area contributed by atoms with Crippen LogP contribution in [0.2, 0.25) is 5.02 Å². The largest absolute Gasteiger partial charge is 0.358 e. The van der Waals surface area contributed by atoms with Gasteiger partial charge in [0.2, 0.25) is 5.91 Å². The maximum absolute atomic E-state index is 14.6. The molecule has 4 rings (SSSR count). The van der Waals surface area contributed by atoms with Crippen LogP contribution in [0.15, 0.2) is 72.9 Å². The molecule has 2 aromatic carbocycles. The molecule has 0 unspecified atom stereocenters. The van der Waals surface area contributed by atoms with Gasteiger partial charge in [0.05, 0.1) is 28.5 Å². The molecule has 36 heavy (non-hydrogen) atoms. The van der Waals surface area contributed by atoms with Gasteiger partial charge in [-0.15, -0.1) is 0 Å². The molecule has 2 aromatic heterocycles. The van der Waals surface area contributed by atoms with E-state index in [2.05, 4.69) is 26.0 Å². The number of amides is 3. The minimum absolute atomic E-state index is 0.00477. The van der Waals surface area contributed by atoms with Crippen molar-refractivity contribution < 1.29 is 18.8 Å². The third-order valence-corrected chi connectivity index (χ3v) is 5.43. The second-order valence-electron chi connectivity index (χ2n) is 7.50. The summed E-state index contributed by atoms with van der Waals surface area (Å²) in [5.41, 5.74) is 0.987. The van der Waals surface area contributed by atoms with Crippen molar-refractivity contribution >= 4 is 35.1 Å². The summed E-state index contributed by atoms with van der Waals surface area (Å²) >= 11 is 6.20. The summed E-state index contributed by atoms with van der Waals surface area (Å²) in [6, 6.07) is 17.5. The number of pyridine rings is 1. The normalized spacial score (nSPS) is 10.5. The van der Waals surface area contributed by atoms with Crippen LogP contribution in [0.1, 0.15) is 20.8 Å². The number of carbonyl (C=O) groups excluding carboxylic acids is 3. The van der Waals surface area contributed by atoms with Crippen LogP contribution in [0.3, 0.4) is 0 Å². The van der Waals surface area contributed by atoms with Crippen molar-refractivity contribution in [2.75, 3.05) is 18.9 Å². The molecule has 0 atom stereocenters. The fourth-order valence-electron chi connectivity index (χ4n) is 3.31. The molecular weight excluding hydrogens is 487 g/mol. The van der Waals surface area contributed by atoms with Crippen molar-refractivity contribution in [1.82, 2.24) is 25.4 Å². The van der Waals surface area contributed by atoms with E-state index in [1.54, 1.807) is 48.5 Å². The summed E-state index contributed by atoms with van der Waals surface area (Å²) in [5.74, 6) is -2.10. The Balaban J connectivity index is 1.68. The molecule has 0 fully saturated rings. The Kier molecular flexibility index (Phi) is 7.36. The second kappa shape index (κ2) is 10.8. The van der Waals surface area contributed by atoms with Crippen LogP contribution < -0.4 is 16.0 Å². The molecule has 0 aliphatic heterocycles. The van der Waals surface area contributed by atoms with E-state index >= 15 is 0 Å². The molecule has 0 saturated carbocycles. The Morgan fingerprint density at radius 3 is 2.44 bits per heavy atom. The second-order valence-corrected chi connectivity index (χ2v) is 7.91. The van der Waals surface area contributed by atoms with E-state index in [0.29, 0.717) is 11.4 Å². The SMILES string of the molecule is CNC(=O)CNC(=O)c1cc(NC(=O)c2cc(-c3ccccn3)c(F)cc2Cl)n(-c2ccccc2)n1. The van der Waals surface area contributed by atoms with E-state index in [0.717, 1.165) is 6.07 Å². The Morgan fingerprint density at radius 1 is 1.00 bits per heavy atom. The van der Waals surface area contributed by atoms with Gasteiger partial charge >= 0.3 is 0 Å². The molecule has 11 heteroatoms. The van der Waals surface area contributed by atoms with Crippen molar-refractivity contribution in [2.24, 2.45) is 0 Å². The highest BCUT2D eigenvalue weighted by atomic mass is 35.5. The Hall–Kier alpha value is -4.57. The van der Waals surface area contributed by atoms with E-state index in [-0.39, 0.29) is 40.1 Å². The van der Waals surface area contributed by atoms with Gasteiger partial charge in [-0.2, -0.15) is 5.10 Å². The first-order valence-electron chi connectivity index (χ1n) is 10.7. The summed E-state index contributed by atoms with van der Waals surface area (Å²) in [6.45, 7) is -0.239. The molecule has 3 amide bonds. The van der Waals surface area contributed by atoms with Gasteiger partial charge in [0.15, 0.2) is 5.69 Å². The third-order valence-electron chi connectivity index (χ3n) is 5.11. The van der Waals surface area contributed by atoms with Gasteiger partial charge in [0.1, 0.15) is 11.6 Å². The zero-order valence-electron chi connectivity index (χ0n) is 19.0. The standard InChI is InChI=1S/C25H20ClFN6O3/c1-28-23(34)14-30-25(36)21-13-22(33(32-21)15-7-3-2-4-8-15)31-24(35)16-11-17(19(27)12-18(16)26)20-9-5-6-10-29-20/h2-13H,14H2,1H3,(H,28,34)(H,30,36)(H,31,35). The number of hydrogen-bond donors (Lipinski definition) is 3. The molecule has 4 aromatic rings. The number of halogens is 2. The highest BCUT2D eigenvalue weighted by Crippen LogP contribution is 2.28. The smallest absolute Gasteiger partial charge is 0.272 e. The van der Waals surface area contributed by atoms with Crippen LogP contribution in [0, 0.1) is 5.82 Å². The first-order chi connectivity index (χ1) is 17.4. The summed E-state index contributed by atoms with van der Waals surface area (Å²) in [5, 5.41) is 11.7. The predicted molar refractivity (Wildman–Crippen MR) is 133 cm³/mol. The summed E-state index contributed by atoms with van der Waals surface area (Å²) in [4.78, 5) is 41.4. The zero-order chi connectivity index (χ0) is 25.7. The fraction of sp³-hybridized carbons (Fsp3) is 0.0800. The number of para-hydroxylation sites is 1. The molecule has 0 aliphatic carbocycles. The molecule has 182 valence electrons. The van der Waals surface area contributed by atoms with E-state index in [9.17, 15) is 18.8 Å². The van der Waals surface area contributed by atoms with Gasteiger partial charge in [-0.25, -0.2) is 9.07 Å². The number of benzene rings is 2. The molecular formula is C25H20ClFN6O3. The number of carbonyl (C=O) groups is 3. The lowest BCUT2D eigenvalue weighted by molar-refractivity contribution is -0.119. The number of nitrogens with zero attached hydrogens (tertiary/aromatic N) is 3. The van der Waals surface area contributed by atoms with Crippen LogP contribution in [0.5, 0.6) is 0 Å². The van der Waals surface area contributed by atoms with Crippen LogP contribution in [-0.4, -0.2) is 46.1 Å². The molecule has 0 spiro atoms. The van der Waals surface area contributed by atoms with Crippen LogP contribution in [0.4, 0.5) is 10.2 Å². The minimum atomic E-state index is -0.647. The number of hydrogen-bond acceptors (Lipinski definition) is 5. The predicted octanol–water partition coefficient (Wildman–Crippen LogP) is 3.45. The molecule has 2 heterocycles. The monoisotopic (exact) mass is 506 g/mol. The summed E-state index contributed by atoms with van der Waals surface area (Å²) < 4.78 is 16.0. The molecule has 0 bridgehead atoms. The molecule has 0 aliphatic rings. The maximum Gasteiger partial charge on any atom is 0.272 e. The number of anilines is 1. The van der Waals surface area contributed by atoms with Crippen molar-refractivity contribution in [3.05, 3.63) is 95.0 Å². The quantitative estimate of drug-likeness (QED) is 0.355. The maximum atomic E-state index is 14.6. The Labute approximate surface area is 210 Å². The molecule has 9 nitrogen and oxygen atoms in total. The van der Waals surface area contributed by atoms with Gasteiger partial charge in [-0.05, 0) is 36.4 Å². The van der Waals surface area contributed by atoms with Crippen molar-refractivity contribution in [2.45, 2.75) is 0 Å². The number of likely N-dealkylation sites (N-methyl/N-ethyl adjacent to an activating group) is 1. The van der Waals surface area contributed by atoms with Crippen molar-refractivity contribution in [3.8, 4) is 16.9 Å². The van der Waals surface area contributed by atoms with Crippen LogP contribution in [-0.2, 0) is 4.79 Å². The number of rotatable bonds is 7. The van der Waals surface area contributed by atoms with Gasteiger partial charge in [0, 0.05) is 24.9 Å². The Morgan fingerprint density at radius 2 is 1.75 bits per heavy atom.